The van der Waals surface area contributed by atoms with Crippen LogP contribution in [0.1, 0.15) is 23.6 Å². The second-order valence-electron chi connectivity index (χ2n) is 6.76. The van der Waals surface area contributed by atoms with Crippen LogP contribution in [0.15, 0.2) is 48.0 Å². The predicted octanol–water partition coefficient (Wildman–Crippen LogP) is 2.97. The van der Waals surface area contributed by atoms with E-state index in [4.69, 9.17) is 26.2 Å². The van der Waals surface area contributed by atoms with Gasteiger partial charge in [0.15, 0.2) is 11.5 Å². The Balaban J connectivity index is 1.84. The molecule has 1 saturated heterocycles. The van der Waals surface area contributed by atoms with Crippen LogP contribution in [-0.4, -0.2) is 46.1 Å². The first kappa shape index (κ1) is 19.8. The number of fused-ring (bicyclic) bond motifs is 1. The van der Waals surface area contributed by atoms with E-state index in [2.05, 4.69) is 0 Å². The standard InChI is InChI=1S/C21H16ClNO7/c22-13-4-1-11(2-5-13)19(26)17-18(12-3-6-14-15(9-12)30-10-29-14)23(8-7-16(24)25)21(28)20(17)27/h1-6,9,18,26H,7-8,10H2,(H,24,25). The maximum atomic E-state index is 12.8. The number of hydrogen-bond donors (Lipinski definition) is 2. The molecule has 2 heterocycles. The van der Waals surface area contributed by atoms with Gasteiger partial charge in [-0.25, -0.2) is 0 Å². The minimum absolute atomic E-state index is 0.0444. The topological polar surface area (TPSA) is 113 Å². The number of ether oxygens (including phenoxy) is 2. The minimum atomic E-state index is -1.11. The number of carbonyl (C=O) groups is 3. The Bertz CT molecular complexity index is 1080. The summed E-state index contributed by atoms with van der Waals surface area (Å²) in [5, 5.41) is 20.4. The Kier molecular flexibility index (Phi) is 5.09. The molecule has 0 radical (unpaired) electrons. The molecule has 9 heteroatoms. The highest BCUT2D eigenvalue weighted by Gasteiger charge is 2.46. The zero-order valence-electron chi connectivity index (χ0n) is 15.5. The van der Waals surface area contributed by atoms with Crippen molar-refractivity contribution in [2.45, 2.75) is 12.5 Å². The van der Waals surface area contributed by atoms with Gasteiger partial charge >= 0.3 is 5.97 Å². The summed E-state index contributed by atoms with van der Waals surface area (Å²) < 4.78 is 10.7. The number of hydrogen-bond acceptors (Lipinski definition) is 6. The Morgan fingerprint density at radius 3 is 2.47 bits per heavy atom. The van der Waals surface area contributed by atoms with E-state index in [-0.39, 0.29) is 31.1 Å². The van der Waals surface area contributed by atoms with Crippen molar-refractivity contribution in [2.24, 2.45) is 0 Å². The van der Waals surface area contributed by atoms with Gasteiger partial charge in [0.05, 0.1) is 18.0 Å². The Labute approximate surface area is 175 Å². The molecule has 154 valence electrons. The zero-order valence-corrected chi connectivity index (χ0v) is 16.3. The van der Waals surface area contributed by atoms with E-state index >= 15 is 0 Å². The quantitative estimate of drug-likeness (QED) is 0.426. The molecule has 2 aliphatic heterocycles. The predicted molar refractivity (Wildman–Crippen MR) is 105 cm³/mol. The van der Waals surface area contributed by atoms with Crippen LogP contribution in [0.5, 0.6) is 11.5 Å². The summed E-state index contributed by atoms with van der Waals surface area (Å²) in [6, 6.07) is 10.1. The number of halogens is 1. The molecule has 2 aromatic carbocycles. The number of benzene rings is 2. The molecule has 0 saturated carbocycles. The number of aliphatic carboxylic acids is 1. The van der Waals surface area contributed by atoms with Crippen LogP contribution >= 0.6 is 11.6 Å². The molecule has 1 unspecified atom stereocenters. The first-order valence-electron chi connectivity index (χ1n) is 9.02. The van der Waals surface area contributed by atoms with E-state index in [1.807, 2.05) is 0 Å². The third-order valence-corrected chi connectivity index (χ3v) is 5.19. The molecule has 2 aliphatic rings. The maximum absolute atomic E-state index is 12.8. The number of aliphatic hydroxyl groups is 1. The Morgan fingerprint density at radius 2 is 1.77 bits per heavy atom. The lowest BCUT2D eigenvalue weighted by atomic mass is 9.95. The molecule has 4 rings (SSSR count). The Morgan fingerprint density at radius 1 is 1.07 bits per heavy atom. The van der Waals surface area contributed by atoms with Crippen molar-refractivity contribution >= 4 is 35.0 Å². The summed E-state index contributed by atoms with van der Waals surface area (Å²) in [6.07, 6.45) is -0.352. The van der Waals surface area contributed by atoms with Crippen LogP contribution in [-0.2, 0) is 14.4 Å². The molecule has 1 fully saturated rings. The second-order valence-corrected chi connectivity index (χ2v) is 7.19. The van der Waals surface area contributed by atoms with E-state index in [0.717, 1.165) is 4.90 Å². The molecule has 0 bridgehead atoms. The Hall–Kier alpha value is -3.52. The molecular weight excluding hydrogens is 414 g/mol. The molecule has 0 spiro atoms. The highest BCUT2D eigenvalue weighted by Crippen LogP contribution is 2.43. The molecule has 2 N–H and O–H groups in total. The lowest BCUT2D eigenvalue weighted by molar-refractivity contribution is -0.142. The van der Waals surface area contributed by atoms with Crippen molar-refractivity contribution in [1.82, 2.24) is 4.90 Å². The van der Waals surface area contributed by atoms with E-state index < -0.39 is 23.7 Å². The molecule has 0 aliphatic carbocycles. The van der Waals surface area contributed by atoms with Crippen molar-refractivity contribution in [2.75, 3.05) is 13.3 Å². The molecule has 1 atom stereocenters. The molecule has 0 aromatic heterocycles. The number of likely N-dealkylation sites (tertiary alicyclic amines) is 1. The number of carboxylic acids is 1. The lowest BCUT2D eigenvalue weighted by Crippen LogP contribution is -2.31. The summed E-state index contributed by atoms with van der Waals surface area (Å²) >= 11 is 5.89. The van der Waals surface area contributed by atoms with Gasteiger partial charge in [0.25, 0.3) is 11.7 Å². The number of carbonyl (C=O) groups excluding carboxylic acids is 2. The second kappa shape index (κ2) is 7.72. The lowest BCUT2D eigenvalue weighted by Gasteiger charge is -2.25. The van der Waals surface area contributed by atoms with E-state index in [1.165, 1.54) is 12.1 Å². The van der Waals surface area contributed by atoms with Crippen LogP contribution in [0.25, 0.3) is 5.76 Å². The van der Waals surface area contributed by atoms with E-state index in [0.29, 0.717) is 27.6 Å². The van der Waals surface area contributed by atoms with Gasteiger partial charge in [-0.15, -0.1) is 0 Å². The maximum Gasteiger partial charge on any atom is 0.305 e. The number of Topliss-reactive ketones (excluding diaryl/α,β-unsaturated/α-hetero) is 1. The highest BCUT2D eigenvalue weighted by atomic mass is 35.5. The van der Waals surface area contributed by atoms with Crippen molar-refractivity contribution in [3.8, 4) is 11.5 Å². The first-order chi connectivity index (χ1) is 14.4. The van der Waals surface area contributed by atoms with E-state index in [9.17, 15) is 19.5 Å². The summed E-state index contributed by atoms with van der Waals surface area (Å²) in [6.45, 7) is -0.154. The third kappa shape index (κ3) is 3.46. The number of rotatable bonds is 5. The molecule has 30 heavy (non-hydrogen) atoms. The van der Waals surface area contributed by atoms with E-state index in [1.54, 1.807) is 30.3 Å². The van der Waals surface area contributed by atoms with Crippen molar-refractivity contribution < 1.29 is 34.1 Å². The summed E-state index contributed by atoms with van der Waals surface area (Å²) in [4.78, 5) is 37.7. The fourth-order valence-corrected chi connectivity index (χ4v) is 3.65. The smallest absolute Gasteiger partial charge is 0.305 e. The minimum Gasteiger partial charge on any atom is -0.507 e. The highest BCUT2D eigenvalue weighted by molar-refractivity contribution is 6.46. The van der Waals surface area contributed by atoms with Gasteiger partial charge in [0.2, 0.25) is 6.79 Å². The van der Waals surface area contributed by atoms with Gasteiger partial charge in [-0.3, -0.25) is 14.4 Å². The molecule has 8 nitrogen and oxygen atoms in total. The number of carboxylic acid groups (broad SMARTS) is 1. The van der Waals surface area contributed by atoms with Crippen LogP contribution in [0.3, 0.4) is 0 Å². The number of ketones is 1. The van der Waals surface area contributed by atoms with Gasteiger partial charge in [-0.05, 0) is 42.0 Å². The van der Waals surface area contributed by atoms with Crippen LogP contribution in [0.2, 0.25) is 5.02 Å². The normalized spacial score (nSPS) is 19.4. The van der Waals surface area contributed by atoms with Crippen molar-refractivity contribution in [3.05, 3.63) is 64.2 Å². The first-order valence-corrected chi connectivity index (χ1v) is 9.40. The van der Waals surface area contributed by atoms with Crippen LogP contribution in [0.4, 0.5) is 0 Å². The van der Waals surface area contributed by atoms with Crippen molar-refractivity contribution in [3.63, 3.8) is 0 Å². The van der Waals surface area contributed by atoms with Crippen LogP contribution < -0.4 is 9.47 Å². The van der Waals surface area contributed by atoms with Gasteiger partial charge < -0.3 is 24.6 Å². The third-order valence-electron chi connectivity index (χ3n) is 4.94. The summed E-state index contributed by atoms with van der Waals surface area (Å²) in [5.41, 5.74) is 0.660. The van der Waals surface area contributed by atoms with Gasteiger partial charge in [0, 0.05) is 17.1 Å². The SMILES string of the molecule is O=C(O)CCN1C(=O)C(=O)C(=C(O)c2ccc(Cl)cc2)C1c1ccc2c(c1)OCO2. The van der Waals surface area contributed by atoms with Crippen LogP contribution in [0, 0.1) is 0 Å². The number of nitrogens with zero attached hydrogens (tertiary/aromatic N) is 1. The molecule has 2 aromatic rings. The largest absolute Gasteiger partial charge is 0.507 e. The van der Waals surface area contributed by atoms with Gasteiger partial charge in [-0.2, -0.15) is 0 Å². The average molecular weight is 430 g/mol. The summed E-state index contributed by atoms with van der Waals surface area (Å²) in [5.74, 6) is -2.31. The fourth-order valence-electron chi connectivity index (χ4n) is 3.52. The van der Waals surface area contributed by atoms with Crippen molar-refractivity contribution in [1.29, 1.82) is 0 Å². The number of amides is 1. The molecular formula is C21H16ClNO7. The average Bonchev–Trinajstić information content (AvgIpc) is 3.29. The fraction of sp³-hybridized carbons (Fsp3) is 0.190. The monoisotopic (exact) mass is 429 g/mol. The van der Waals surface area contributed by atoms with Gasteiger partial charge in [-0.1, -0.05) is 17.7 Å². The zero-order chi connectivity index (χ0) is 21.4. The summed E-state index contributed by atoms with van der Waals surface area (Å²) in [7, 11) is 0. The molecule has 1 amide bonds. The number of aliphatic hydroxyl groups excluding tert-OH is 1. The van der Waals surface area contributed by atoms with Gasteiger partial charge in [0.1, 0.15) is 5.76 Å².